The summed E-state index contributed by atoms with van der Waals surface area (Å²) in [7, 11) is 0. The number of thiazole rings is 1. The molecular weight excluding hydrogens is 472 g/mol. The van der Waals surface area contributed by atoms with E-state index in [1.807, 2.05) is 48.5 Å². The first-order chi connectivity index (χ1) is 17.6. The normalized spacial score (nSPS) is 14.6. The highest BCUT2D eigenvalue weighted by atomic mass is 32.1. The van der Waals surface area contributed by atoms with Crippen LogP contribution in [-0.4, -0.2) is 33.7 Å². The predicted octanol–water partition coefficient (Wildman–Crippen LogP) is 4.84. The van der Waals surface area contributed by atoms with E-state index in [0.717, 1.165) is 41.8 Å². The third-order valence-corrected chi connectivity index (χ3v) is 7.45. The number of amides is 1. The van der Waals surface area contributed by atoms with E-state index in [9.17, 15) is 9.59 Å². The number of hydrogen-bond donors (Lipinski definition) is 0. The number of nitrogens with zero attached hydrogens (tertiary/aromatic N) is 4. The Kier molecular flexibility index (Phi) is 7.13. The van der Waals surface area contributed by atoms with Crippen LogP contribution in [-0.2, 0) is 4.79 Å². The Labute approximate surface area is 214 Å². The Morgan fingerprint density at radius 1 is 0.917 bits per heavy atom. The molecule has 2 aromatic carbocycles. The molecule has 0 saturated carbocycles. The van der Waals surface area contributed by atoms with Crippen molar-refractivity contribution in [3.05, 3.63) is 69.0 Å². The smallest absolute Gasteiger partial charge is 0.291 e. The highest BCUT2D eigenvalue weighted by Crippen LogP contribution is 2.35. The second kappa shape index (κ2) is 10.6. The second-order valence-electron chi connectivity index (χ2n) is 9.00. The minimum atomic E-state index is -0.309. The summed E-state index contributed by atoms with van der Waals surface area (Å²) in [6, 6.07) is 15.3. The summed E-state index contributed by atoms with van der Waals surface area (Å²) in [4.78, 5) is 33.6. The molecule has 0 radical (unpaired) electrons. The Morgan fingerprint density at radius 3 is 2.44 bits per heavy atom. The van der Waals surface area contributed by atoms with Crippen LogP contribution in [0.5, 0.6) is 5.75 Å². The summed E-state index contributed by atoms with van der Waals surface area (Å²) in [5.74, 6) is 1.16. The average Bonchev–Trinajstić information content (AvgIpc) is 3.53. The maximum atomic E-state index is 13.4. The molecule has 1 amide bonds. The summed E-state index contributed by atoms with van der Waals surface area (Å²) in [6.07, 6.45) is 6.54. The molecule has 186 valence electrons. The maximum Gasteiger partial charge on any atom is 0.291 e. The van der Waals surface area contributed by atoms with Crippen LogP contribution in [0.1, 0.15) is 57.9 Å². The fourth-order valence-electron chi connectivity index (χ4n) is 4.46. The van der Waals surface area contributed by atoms with Crippen LogP contribution >= 0.6 is 11.3 Å². The summed E-state index contributed by atoms with van der Waals surface area (Å²) >= 11 is 1.22. The van der Waals surface area contributed by atoms with Gasteiger partial charge in [-0.25, -0.2) is 0 Å². The van der Waals surface area contributed by atoms with Crippen molar-refractivity contribution in [2.75, 3.05) is 18.1 Å². The number of ether oxygens (including phenoxy) is 1. The van der Waals surface area contributed by atoms with Gasteiger partial charge >= 0.3 is 0 Å². The van der Waals surface area contributed by atoms with E-state index in [-0.39, 0.29) is 11.5 Å². The van der Waals surface area contributed by atoms with Crippen molar-refractivity contribution >= 4 is 33.5 Å². The fraction of sp³-hybridized carbons (Fsp3) is 0.357. The van der Waals surface area contributed by atoms with Gasteiger partial charge in [-0.3, -0.25) is 9.59 Å². The van der Waals surface area contributed by atoms with Gasteiger partial charge < -0.3 is 9.64 Å². The number of carbonyl (C=O) groups excluding carboxylic acids is 1. The zero-order valence-electron chi connectivity index (χ0n) is 20.7. The molecule has 0 saturated heterocycles. The quantitative estimate of drug-likeness (QED) is 0.290. The number of aromatic nitrogens is 3. The third kappa shape index (κ3) is 4.53. The lowest BCUT2D eigenvalue weighted by molar-refractivity contribution is -0.113. The lowest BCUT2D eigenvalue weighted by atomic mass is 10.1. The number of hydrogen-bond acceptors (Lipinski definition) is 6. The minimum absolute atomic E-state index is 0.128. The van der Waals surface area contributed by atoms with Crippen molar-refractivity contribution in [3.63, 3.8) is 0 Å². The minimum Gasteiger partial charge on any atom is -0.494 e. The molecule has 0 aliphatic carbocycles. The molecular formula is C28H30N4O3S. The van der Waals surface area contributed by atoms with E-state index < -0.39 is 0 Å². The molecule has 4 aromatic rings. The number of para-hydroxylation sites is 1. The molecule has 8 heteroatoms. The van der Waals surface area contributed by atoms with Crippen molar-refractivity contribution in [1.82, 2.24) is 14.6 Å². The Hall–Kier alpha value is -3.52. The SMILES string of the molecule is CCCCCCOc1ccc(-c2nc3sc(=C4C(=O)N(CCCC)c5ccccc54)c(=O)n3n2)cc1. The van der Waals surface area contributed by atoms with Crippen LogP contribution in [0, 0.1) is 0 Å². The monoisotopic (exact) mass is 502 g/mol. The van der Waals surface area contributed by atoms with Gasteiger partial charge in [0, 0.05) is 17.7 Å². The number of fused-ring (bicyclic) bond motifs is 2. The van der Waals surface area contributed by atoms with Gasteiger partial charge in [0.1, 0.15) is 10.3 Å². The fourth-order valence-corrected chi connectivity index (χ4v) is 5.46. The van der Waals surface area contributed by atoms with E-state index in [1.54, 1.807) is 4.90 Å². The topological polar surface area (TPSA) is 76.8 Å². The van der Waals surface area contributed by atoms with E-state index in [1.165, 1.54) is 35.1 Å². The van der Waals surface area contributed by atoms with Gasteiger partial charge in [0.15, 0.2) is 5.82 Å². The molecule has 5 rings (SSSR count). The number of benzene rings is 2. The predicted molar refractivity (Wildman–Crippen MR) is 144 cm³/mol. The lowest BCUT2D eigenvalue weighted by Crippen LogP contribution is -2.33. The second-order valence-corrected chi connectivity index (χ2v) is 9.98. The molecule has 2 aromatic heterocycles. The van der Waals surface area contributed by atoms with Gasteiger partial charge in [0.05, 0.1) is 17.9 Å². The molecule has 0 unspecified atom stereocenters. The van der Waals surface area contributed by atoms with Crippen LogP contribution in [0.3, 0.4) is 0 Å². The van der Waals surface area contributed by atoms with E-state index in [0.29, 0.717) is 34.0 Å². The van der Waals surface area contributed by atoms with Crippen LogP contribution in [0.2, 0.25) is 0 Å². The largest absolute Gasteiger partial charge is 0.494 e. The van der Waals surface area contributed by atoms with Gasteiger partial charge in [-0.2, -0.15) is 9.50 Å². The maximum absolute atomic E-state index is 13.4. The summed E-state index contributed by atoms with van der Waals surface area (Å²) in [6.45, 7) is 5.63. The molecule has 0 bridgehead atoms. The molecule has 0 atom stereocenters. The number of carbonyl (C=O) groups is 1. The van der Waals surface area contributed by atoms with Crippen molar-refractivity contribution in [2.45, 2.75) is 52.4 Å². The zero-order chi connectivity index (χ0) is 25.1. The molecule has 0 spiro atoms. The highest BCUT2D eigenvalue weighted by molar-refractivity contribution is 7.15. The molecule has 0 fully saturated rings. The van der Waals surface area contributed by atoms with Crippen molar-refractivity contribution in [2.24, 2.45) is 0 Å². The standard InChI is InChI=1S/C28H30N4O3S/c1-3-5-7-10-18-35-20-15-13-19(14-16-20)25-29-28-32(30-25)27(34)24(36-28)23-21-11-8-9-12-22(21)31(26(23)33)17-6-4-2/h8-9,11-16H,3-7,10,17-18H2,1-2H3. The average molecular weight is 503 g/mol. The molecule has 0 N–H and O–H groups in total. The molecule has 7 nitrogen and oxygen atoms in total. The lowest BCUT2D eigenvalue weighted by Gasteiger charge is -2.16. The van der Waals surface area contributed by atoms with E-state index in [2.05, 4.69) is 23.9 Å². The Balaban J connectivity index is 1.43. The molecule has 36 heavy (non-hydrogen) atoms. The van der Waals surface area contributed by atoms with E-state index >= 15 is 0 Å². The first-order valence-electron chi connectivity index (χ1n) is 12.7. The van der Waals surface area contributed by atoms with Crippen LogP contribution in [0.4, 0.5) is 5.69 Å². The van der Waals surface area contributed by atoms with Crippen molar-refractivity contribution < 1.29 is 9.53 Å². The van der Waals surface area contributed by atoms with Gasteiger partial charge in [-0.05, 0) is 43.2 Å². The molecule has 1 aliphatic rings. The summed E-state index contributed by atoms with van der Waals surface area (Å²) < 4.78 is 7.52. The number of anilines is 1. The summed E-state index contributed by atoms with van der Waals surface area (Å²) in [5, 5.41) is 4.47. The zero-order valence-corrected chi connectivity index (χ0v) is 21.5. The highest BCUT2D eigenvalue weighted by Gasteiger charge is 2.33. The van der Waals surface area contributed by atoms with Gasteiger partial charge in [-0.15, -0.1) is 5.10 Å². The Bertz CT molecular complexity index is 1490. The summed E-state index contributed by atoms with van der Waals surface area (Å²) in [5.41, 5.74) is 2.61. The first kappa shape index (κ1) is 24.2. The Morgan fingerprint density at radius 2 is 1.69 bits per heavy atom. The van der Waals surface area contributed by atoms with Gasteiger partial charge in [0.2, 0.25) is 4.96 Å². The molecule has 3 heterocycles. The van der Waals surface area contributed by atoms with Gasteiger partial charge in [0.25, 0.3) is 11.5 Å². The van der Waals surface area contributed by atoms with Gasteiger partial charge in [-0.1, -0.05) is 69.1 Å². The van der Waals surface area contributed by atoms with Crippen LogP contribution in [0.15, 0.2) is 53.3 Å². The molecule has 1 aliphatic heterocycles. The van der Waals surface area contributed by atoms with Crippen molar-refractivity contribution in [3.8, 4) is 17.1 Å². The number of rotatable bonds is 10. The van der Waals surface area contributed by atoms with Crippen LogP contribution < -0.4 is 19.7 Å². The third-order valence-electron chi connectivity index (χ3n) is 6.42. The van der Waals surface area contributed by atoms with E-state index in [4.69, 9.17) is 4.74 Å². The van der Waals surface area contributed by atoms with Crippen molar-refractivity contribution in [1.29, 1.82) is 0 Å². The number of unbranched alkanes of at least 4 members (excludes halogenated alkanes) is 4. The van der Waals surface area contributed by atoms with Crippen LogP contribution in [0.25, 0.3) is 21.9 Å². The first-order valence-corrected chi connectivity index (χ1v) is 13.5.